The maximum absolute atomic E-state index is 13.3. The van der Waals surface area contributed by atoms with Gasteiger partial charge in [0.25, 0.3) is 5.91 Å². The number of amides is 1. The average Bonchev–Trinajstić information content (AvgIpc) is 3.20. The lowest BCUT2D eigenvalue weighted by molar-refractivity contribution is 0.0576. The van der Waals surface area contributed by atoms with E-state index in [2.05, 4.69) is 4.98 Å². The zero-order chi connectivity index (χ0) is 20.2. The van der Waals surface area contributed by atoms with Crippen LogP contribution in [0.5, 0.6) is 0 Å². The second-order valence-electron chi connectivity index (χ2n) is 7.07. The molecule has 1 N–H and O–H groups in total. The summed E-state index contributed by atoms with van der Waals surface area (Å²) in [7, 11) is 0. The first kappa shape index (κ1) is 18.9. The Morgan fingerprint density at radius 3 is 2.55 bits per heavy atom. The number of hydrogen-bond donors (Lipinski definition) is 1. The molecule has 0 radical (unpaired) electrons. The molecule has 0 bridgehead atoms. The molecule has 0 saturated carbocycles. The third-order valence-electron chi connectivity index (χ3n) is 4.94. The zero-order valence-corrected chi connectivity index (χ0v) is 16.2. The number of furan rings is 1. The first-order valence-electron chi connectivity index (χ1n) is 9.52. The molecule has 146 valence electrons. The molecule has 0 aliphatic heterocycles. The normalized spacial score (nSPS) is 12.1. The summed E-state index contributed by atoms with van der Waals surface area (Å²) < 4.78 is 5.88. The number of nitrogens with zero attached hydrogens (tertiary/aromatic N) is 2. The SMILES string of the molecule is Cc1cccc2cc(C(=O)N(Cc3ccncc3)C[C@H](O)c3ccccc3)oc12. The summed E-state index contributed by atoms with van der Waals surface area (Å²) in [5.41, 5.74) is 3.39. The van der Waals surface area contributed by atoms with Crippen molar-refractivity contribution in [3.8, 4) is 0 Å². The molecule has 29 heavy (non-hydrogen) atoms. The lowest BCUT2D eigenvalue weighted by Crippen LogP contribution is -2.34. The minimum absolute atomic E-state index is 0.154. The van der Waals surface area contributed by atoms with Crippen LogP contribution in [-0.4, -0.2) is 27.4 Å². The largest absolute Gasteiger partial charge is 0.451 e. The highest BCUT2D eigenvalue weighted by Crippen LogP contribution is 2.25. The topological polar surface area (TPSA) is 66.6 Å². The van der Waals surface area contributed by atoms with Crippen LogP contribution in [0.1, 0.15) is 33.3 Å². The molecule has 0 aliphatic carbocycles. The second kappa shape index (κ2) is 8.29. The van der Waals surface area contributed by atoms with Gasteiger partial charge < -0.3 is 14.4 Å². The number of para-hydroxylation sites is 1. The van der Waals surface area contributed by atoms with E-state index in [1.807, 2.05) is 67.6 Å². The summed E-state index contributed by atoms with van der Waals surface area (Å²) in [6.45, 7) is 2.45. The number of hydrogen-bond acceptors (Lipinski definition) is 4. The van der Waals surface area contributed by atoms with E-state index in [0.717, 1.165) is 22.1 Å². The van der Waals surface area contributed by atoms with Crippen molar-refractivity contribution in [3.05, 3.63) is 102 Å². The second-order valence-corrected chi connectivity index (χ2v) is 7.07. The van der Waals surface area contributed by atoms with E-state index in [9.17, 15) is 9.90 Å². The van der Waals surface area contributed by atoms with Gasteiger partial charge in [0.05, 0.1) is 12.6 Å². The molecule has 0 spiro atoms. The van der Waals surface area contributed by atoms with Crippen molar-refractivity contribution >= 4 is 16.9 Å². The highest BCUT2D eigenvalue weighted by Gasteiger charge is 2.23. The smallest absolute Gasteiger partial charge is 0.290 e. The number of pyridine rings is 1. The van der Waals surface area contributed by atoms with E-state index >= 15 is 0 Å². The van der Waals surface area contributed by atoms with Crippen molar-refractivity contribution in [1.29, 1.82) is 0 Å². The summed E-state index contributed by atoms with van der Waals surface area (Å²) in [4.78, 5) is 18.9. The lowest BCUT2D eigenvalue weighted by atomic mass is 10.1. The molecule has 0 aliphatic rings. The maximum Gasteiger partial charge on any atom is 0.290 e. The quantitative estimate of drug-likeness (QED) is 0.529. The van der Waals surface area contributed by atoms with Crippen LogP contribution >= 0.6 is 0 Å². The molecule has 0 saturated heterocycles. The van der Waals surface area contributed by atoms with E-state index in [1.165, 1.54) is 0 Å². The Balaban J connectivity index is 1.64. The van der Waals surface area contributed by atoms with Crippen LogP contribution in [0, 0.1) is 6.92 Å². The molecule has 0 unspecified atom stereocenters. The minimum atomic E-state index is -0.798. The molecule has 4 rings (SSSR count). The Kier molecular flexibility index (Phi) is 5.40. The third kappa shape index (κ3) is 4.20. The van der Waals surface area contributed by atoms with Gasteiger partial charge in [-0.15, -0.1) is 0 Å². The standard InChI is InChI=1S/C24H22N2O3/c1-17-6-5-9-20-14-22(29-23(17)20)24(28)26(15-18-10-12-25-13-11-18)16-21(27)19-7-3-2-4-8-19/h2-14,21,27H,15-16H2,1H3/t21-/m0/s1. The van der Waals surface area contributed by atoms with Gasteiger partial charge in [0.15, 0.2) is 5.76 Å². The number of fused-ring (bicyclic) bond motifs is 1. The molecule has 5 nitrogen and oxygen atoms in total. The first-order chi connectivity index (χ1) is 14.1. The van der Waals surface area contributed by atoms with Crippen molar-refractivity contribution in [2.24, 2.45) is 0 Å². The number of aliphatic hydroxyl groups excluding tert-OH is 1. The molecular weight excluding hydrogens is 364 g/mol. The molecule has 2 heterocycles. The van der Waals surface area contributed by atoms with Crippen LogP contribution < -0.4 is 0 Å². The molecule has 4 aromatic rings. The van der Waals surface area contributed by atoms with Gasteiger partial charge in [-0.2, -0.15) is 0 Å². The number of benzene rings is 2. The molecule has 2 aromatic carbocycles. The van der Waals surface area contributed by atoms with E-state index in [1.54, 1.807) is 23.4 Å². The summed E-state index contributed by atoms with van der Waals surface area (Å²) in [5, 5.41) is 11.6. The third-order valence-corrected chi connectivity index (χ3v) is 4.94. The molecule has 5 heteroatoms. The van der Waals surface area contributed by atoms with E-state index in [0.29, 0.717) is 12.1 Å². The summed E-state index contributed by atoms with van der Waals surface area (Å²) in [5.74, 6) is 0.0102. The first-order valence-corrected chi connectivity index (χ1v) is 9.52. The maximum atomic E-state index is 13.3. The van der Waals surface area contributed by atoms with Gasteiger partial charge in [0.1, 0.15) is 5.58 Å². The summed E-state index contributed by atoms with van der Waals surface area (Å²) >= 11 is 0. The van der Waals surface area contributed by atoms with Gasteiger partial charge in [0.2, 0.25) is 0 Å². The Labute approximate surface area is 169 Å². The van der Waals surface area contributed by atoms with Gasteiger partial charge >= 0.3 is 0 Å². The number of carbonyl (C=O) groups excluding carboxylic acids is 1. The zero-order valence-electron chi connectivity index (χ0n) is 16.2. The fourth-order valence-electron chi connectivity index (χ4n) is 3.39. The van der Waals surface area contributed by atoms with Crippen LogP contribution in [0.2, 0.25) is 0 Å². The van der Waals surface area contributed by atoms with Crippen LogP contribution in [0.4, 0.5) is 0 Å². The van der Waals surface area contributed by atoms with Crippen molar-refractivity contribution in [2.75, 3.05) is 6.54 Å². The fourth-order valence-corrected chi connectivity index (χ4v) is 3.39. The monoisotopic (exact) mass is 386 g/mol. The number of aromatic nitrogens is 1. The summed E-state index contributed by atoms with van der Waals surface area (Å²) in [6, 6.07) is 20.6. The fraction of sp³-hybridized carbons (Fsp3) is 0.167. The number of aliphatic hydroxyl groups is 1. The lowest BCUT2D eigenvalue weighted by Gasteiger charge is -2.25. The molecular formula is C24H22N2O3. The highest BCUT2D eigenvalue weighted by molar-refractivity contribution is 5.96. The number of aryl methyl sites for hydroxylation is 1. The van der Waals surface area contributed by atoms with Crippen LogP contribution in [-0.2, 0) is 6.54 Å². The number of carbonyl (C=O) groups is 1. The average molecular weight is 386 g/mol. The van der Waals surface area contributed by atoms with E-state index < -0.39 is 6.10 Å². The van der Waals surface area contributed by atoms with Crippen molar-refractivity contribution in [2.45, 2.75) is 19.6 Å². The van der Waals surface area contributed by atoms with Crippen LogP contribution in [0.25, 0.3) is 11.0 Å². The summed E-state index contributed by atoms with van der Waals surface area (Å²) in [6.07, 6.45) is 2.58. The Hall–Kier alpha value is -3.44. The van der Waals surface area contributed by atoms with Gasteiger partial charge in [0, 0.05) is 24.3 Å². The van der Waals surface area contributed by atoms with E-state index in [-0.39, 0.29) is 18.2 Å². The number of rotatable bonds is 6. The van der Waals surface area contributed by atoms with Gasteiger partial charge in [-0.05, 0) is 41.8 Å². The Morgan fingerprint density at radius 2 is 1.83 bits per heavy atom. The Bertz CT molecular complexity index is 1110. The van der Waals surface area contributed by atoms with Crippen LogP contribution in [0.3, 0.4) is 0 Å². The van der Waals surface area contributed by atoms with Gasteiger partial charge in [-0.3, -0.25) is 9.78 Å². The molecule has 0 fully saturated rings. The van der Waals surface area contributed by atoms with Gasteiger partial charge in [-0.1, -0.05) is 48.5 Å². The molecule has 1 amide bonds. The van der Waals surface area contributed by atoms with Crippen molar-refractivity contribution < 1.29 is 14.3 Å². The van der Waals surface area contributed by atoms with E-state index in [4.69, 9.17) is 4.42 Å². The highest BCUT2D eigenvalue weighted by atomic mass is 16.3. The van der Waals surface area contributed by atoms with Gasteiger partial charge in [-0.25, -0.2) is 0 Å². The minimum Gasteiger partial charge on any atom is -0.451 e. The predicted molar refractivity (Wildman–Crippen MR) is 111 cm³/mol. The predicted octanol–water partition coefficient (Wildman–Crippen LogP) is 4.51. The van der Waals surface area contributed by atoms with Crippen LogP contribution in [0.15, 0.2) is 83.5 Å². The Morgan fingerprint density at radius 1 is 1.07 bits per heavy atom. The molecule has 1 atom stereocenters. The molecule has 2 aromatic heterocycles. The van der Waals surface area contributed by atoms with Crippen molar-refractivity contribution in [3.63, 3.8) is 0 Å². The van der Waals surface area contributed by atoms with Crippen molar-refractivity contribution in [1.82, 2.24) is 9.88 Å².